The molecule has 3 nitrogen and oxygen atoms in total. The van der Waals surface area contributed by atoms with Gasteiger partial charge in [-0.05, 0) is 37.5 Å². The molecular formula is C12H17NO2. The Bertz CT molecular complexity index is 351. The highest BCUT2D eigenvalue weighted by atomic mass is 16.5. The van der Waals surface area contributed by atoms with Crippen LogP contribution in [0.3, 0.4) is 0 Å². The van der Waals surface area contributed by atoms with Crippen LogP contribution in [0, 0.1) is 6.92 Å². The lowest BCUT2D eigenvalue weighted by molar-refractivity contribution is 0.0785. The van der Waals surface area contributed by atoms with E-state index in [-0.39, 0.29) is 12.1 Å². The third kappa shape index (κ3) is 2.07. The van der Waals surface area contributed by atoms with Gasteiger partial charge in [-0.1, -0.05) is 6.07 Å². The van der Waals surface area contributed by atoms with E-state index in [9.17, 15) is 5.11 Å². The second-order valence-corrected chi connectivity index (χ2v) is 4.10. The monoisotopic (exact) mass is 207 g/mol. The fourth-order valence-electron chi connectivity index (χ4n) is 1.79. The minimum absolute atomic E-state index is 0.181. The average molecular weight is 207 g/mol. The first-order valence-electron chi connectivity index (χ1n) is 5.30. The minimum Gasteiger partial charge on any atom is -0.495 e. The van der Waals surface area contributed by atoms with Crippen LogP contribution < -0.4 is 10.1 Å². The Morgan fingerprint density at radius 2 is 2.20 bits per heavy atom. The van der Waals surface area contributed by atoms with E-state index in [4.69, 9.17) is 4.74 Å². The maximum Gasteiger partial charge on any atom is 0.141 e. The number of methoxy groups -OCH3 is 1. The predicted octanol–water partition coefficient (Wildman–Crippen LogP) is 1.94. The first kappa shape index (κ1) is 10.3. The quantitative estimate of drug-likeness (QED) is 0.796. The summed E-state index contributed by atoms with van der Waals surface area (Å²) in [7, 11) is 1.66. The minimum atomic E-state index is -0.213. The van der Waals surface area contributed by atoms with Crippen LogP contribution in [0.5, 0.6) is 5.75 Å². The molecule has 1 aromatic carbocycles. The summed E-state index contributed by atoms with van der Waals surface area (Å²) in [5, 5.41) is 12.8. The Morgan fingerprint density at radius 3 is 2.73 bits per heavy atom. The first-order valence-corrected chi connectivity index (χ1v) is 5.30. The lowest BCUT2D eigenvalue weighted by Gasteiger charge is -2.34. The molecule has 3 heteroatoms. The summed E-state index contributed by atoms with van der Waals surface area (Å²) in [4.78, 5) is 0. The van der Waals surface area contributed by atoms with Gasteiger partial charge in [0.15, 0.2) is 0 Å². The van der Waals surface area contributed by atoms with E-state index >= 15 is 0 Å². The summed E-state index contributed by atoms with van der Waals surface area (Å²) in [5.41, 5.74) is 2.16. The van der Waals surface area contributed by atoms with Gasteiger partial charge in [-0.3, -0.25) is 0 Å². The van der Waals surface area contributed by atoms with E-state index < -0.39 is 0 Å². The topological polar surface area (TPSA) is 41.5 Å². The maximum absolute atomic E-state index is 9.50. The van der Waals surface area contributed by atoms with Crippen molar-refractivity contribution in [2.75, 3.05) is 12.4 Å². The fourth-order valence-corrected chi connectivity index (χ4v) is 1.79. The smallest absolute Gasteiger partial charge is 0.141 e. The van der Waals surface area contributed by atoms with Crippen molar-refractivity contribution < 1.29 is 9.84 Å². The molecule has 82 valence electrons. The molecule has 1 fully saturated rings. The molecule has 0 saturated heterocycles. The molecule has 1 aromatic rings. The molecule has 0 aliphatic heterocycles. The SMILES string of the molecule is COc1ccc(C)cc1NC1CCC1O. The number of hydrogen-bond donors (Lipinski definition) is 2. The normalized spacial score (nSPS) is 24.5. The van der Waals surface area contributed by atoms with E-state index in [0.29, 0.717) is 0 Å². The third-order valence-electron chi connectivity index (χ3n) is 2.93. The second-order valence-electron chi connectivity index (χ2n) is 4.10. The van der Waals surface area contributed by atoms with Gasteiger partial charge in [-0.25, -0.2) is 0 Å². The van der Waals surface area contributed by atoms with Gasteiger partial charge in [0.1, 0.15) is 5.75 Å². The van der Waals surface area contributed by atoms with Crippen LogP contribution in [0.4, 0.5) is 5.69 Å². The third-order valence-corrected chi connectivity index (χ3v) is 2.93. The average Bonchev–Trinajstić information content (AvgIpc) is 2.24. The van der Waals surface area contributed by atoms with Crippen molar-refractivity contribution in [1.29, 1.82) is 0 Å². The molecule has 2 N–H and O–H groups in total. The molecule has 0 heterocycles. The van der Waals surface area contributed by atoms with Crippen LogP contribution in [0.15, 0.2) is 18.2 Å². The fraction of sp³-hybridized carbons (Fsp3) is 0.500. The highest BCUT2D eigenvalue weighted by Crippen LogP contribution is 2.30. The van der Waals surface area contributed by atoms with Gasteiger partial charge in [0.2, 0.25) is 0 Å². The first-order chi connectivity index (χ1) is 7.20. The zero-order valence-electron chi connectivity index (χ0n) is 9.16. The molecule has 0 radical (unpaired) electrons. The number of aliphatic hydroxyl groups is 1. The van der Waals surface area contributed by atoms with E-state index in [0.717, 1.165) is 24.3 Å². The van der Waals surface area contributed by atoms with E-state index in [1.807, 2.05) is 25.1 Å². The van der Waals surface area contributed by atoms with Gasteiger partial charge in [-0.2, -0.15) is 0 Å². The summed E-state index contributed by atoms with van der Waals surface area (Å²) in [6.45, 7) is 2.04. The molecule has 0 amide bonds. The maximum atomic E-state index is 9.50. The Hall–Kier alpha value is -1.22. The van der Waals surface area contributed by atoms with Crippen molar-refractivity contribution in [2.45, 2.75) is 31.9 Å². The van der Waals surface area contributed by atoms with Crippen LogP contribution >= 0.6 is 0 Å². The zero-order chi connectivity index (χ0) is 10.8. The standard InChI is InChI=1S/C12H17NO2/c1-8-3-6-12(15-2)10(7-8)13-9-4-5-11(9)14/h3,6-7,9,11,13-14H,4-5H2,1-2H3. The van der Waals surface area contributed by atoms with Gasteiger partial charge in [-0.15, -0.1) is 0 Å². The summed E-state index contributed by atoms with van der Waals surface area (Å²) in [6, 6.07) is 6.19. The molecule has 1 aliphatic rings. The van der Waals surface area contributed by atoms with Crippen LogP contribution in [0.2, 0.25) is 0 Å². The highest BCUT2D eigenvalue weighted by molar-refractivity contribution is 5.58. The lowest BCUT2D eigenvalue weighted by Crippen LogP contribution is -2.42. The van der Waals surface area contributed by atoms with Crippen LogP contribution in [0.25, 0.3) is 0 Å². The molecule has 2 unspecified atom stereocenters. The molecule has 0 bridgehead atoms. The number of aryl methyl sites for hydroxylation is 1. The molecular weight excluding hydrogens is 190 g/mol. The molecule has 2 rings (SSSR count). The second kappa shape index (κ2) is 4.11. The number of hydrogen-bond acceptors (Lipinski definition) is 3. The molecule has 2 atom stereocenters. The van der Waals surface area contributed by atoms with Crippen molar-refractivity contribution in [1.82, 2.24) is 0 Å². The van der Waals surface area contributed by atoms with Crippen molar-refractivity contribution >= 4 is 5.69 Å². The number of ether oxygens (including phenoxy) is 1. The highest BCUT2D eigenvalue weighted by Gasteiger charge is 2.29. The molecule has 1 aliphatic carbocycles. The van der Waals surface area contributed by atoms with Crippen LogP contribution in [-0.2, 0) is 0 Å². The Labute approximate surface area is 90.1 Å². The molecule has 15 heavy (non-hydrogen) atoms. The van der Waals surface area contributed by atoms with Crippen molar-refractivity contribution in [2.24, 2.45) is 0 Å². The zero-order valence-corrected chi connectivity index (χ0v) is 9.16. The number of aliphatic hydroxyl groups excluding tert-OH is 1. The van der Waals surface area contributed by atoms with Crippen molar-refractivity contribution in [3.63, 3.8) is 0 Å². The van der Waals surface area contributed by atoms with E-state index in [2.05, 4.69) is 5.32 Å². The van der Waals surface area contributed by atoms with E-state index in [1.54, 1.807) is 7.11 Å². The Kier molecular flexibility index (Phi) is 2.82. The lowest BCUT2D eigenvalue weighted by atomic mass is 9.89. The summed E-state index contributed by atoms with van der Waals surface area (Å²) >= 11 is 0. The van der Waals surface area contributed by atoms with Gasteiger partial charge < -0.3 is 15.2 Å². The number of nitrogens with one attached hydrogen (secondary N) is 1. The van der Waals surface area contributed by atoms with Crippen molar-refractivity contribution in [3.05, 3.63) is 23.8 Å². The van der Waals surface area contributed by atoms with E-state index in [1.165, 1.54) is 5.56 Å². The van der Waals surface area contributed by atoms with Crippen LogP contribution in [-0.4, -0.2) is 24.4 Å². The molecule has 0 spiro atoms. The Balaban J connectivity index is 2.14. The van der Waals surface area contributed by atoms with Crippen molar-refractivity contribution in [3.8, 4) is 5.75 Å². The Morgan fingerprint density at radius 1 is 1.40 bits per heavy atom. The van der Waals surface area contributed by atoms with Gasteiger partial charge >= 0.3 is 0 Å². The molecule has 0 aromatic heterocycles. The predicted molar refractivity (Wildman–Crippen MR) is 60.4 cm³/mol. The summed E-state index contributed by atoms with van der Waals surface area (Å²) in [5.74, 6) is 0.833. The van der Waals surface area contributed by atoms with Gasteiger partial charge in [0.25, 0.3) is 0 Å². The summed E-state index contributed by atoms with van der Waals surface area (Å²) in [6.07, 6.45) is 1.71. The van der Waals surface area contributed by atoms with Crippen LogP contribution in [0.1, 0.15) is 18.4 Å². The largest absolute Gasteiger partial charge is 0.495 e. The number of benzene rings is 1. The van der Waals surface area contributed by atoms with Gasteiger partial charge in [0, 0.05) is 0 Å². The number of rotatable bonds is 3. The molecule has 1 saturated carbocycles. The number of anilines is 1. The van der Waals surface area contributed by atoms with Gasteiger partial charge in [0.05, 0.1) is 24.9 Å². The summed E-state index contributed by atoms with van der Waals surface area (Å²) < 4.78 is 5.26.